The Kier molecular flexibility index (Phi) is 5.20. The van der Waals surface area contributed by atoms with Gasteiger partial charge in [-0.1, -0.05) is 38.1 Å². The topological polar surface area (TPSA) is 21.3 Å². The van der Waals surface area contributed by atoms with E-state index in [0.29, 0.717) is 24.8 Å². The van der Waals surface area contributed by atoms with Gasteiger partial charge in [0.25, 0.3) is 0 Å². The first kappa shape index (κ1) is 15.4. The van der Waals surface area contributed by atoms with E-state index < -0.39 is 0 Å². The van der Waals surface area contributed by atoms with Crippen LogP contribution in [-0.2, 0) is 6.54 Å². The van der Waals surface area contributed by atoms with Crippen molar-refractivity contribution in [3.8, 4) is 5.75 Å². The van der Waals surface area contributed by atoms with Gasteiger partial charge in [0, 0.05) is 12.6 Å². The number of anilines is 1. The Bertz CT molecular complexity index is 578. The maximum atomic E-state index is 13.2. The van der Waals surface area contributed by atoms with Crippen LogP contribution in [0.2, 0.25) is 0 Å². The molecule has 2 aromatic carbocycles. The van der Waals surface area contributed by atoms with Gasteiger partial charge < -0.3 is 10.1 Å². The van der Waals surface area contributed by atoms with Crippen molar-refractivity contribution in [3.05, 3.63) is 59.4 Å². The molecule has 2 aromatic rings. The summed E-state index contributed by atoms with van der Waals surface area (Å²) in [5.74, 6) is 0.801. The zero-order valence-corrected chi connectivity index (χ0v) is 12.8. The second-order valence-corrected chi connectivity index (χ2v) is 5.32. The Hall–Kier alpha value is -2.03. The fourth-order valence-corrected chi connectivity index (χ4v) is 2.13. The molecule has 0 spiro atoms. The SMILES string of the molecule is CCOc1cc(F)ccc1NCc1ccc(C(C)C)cc1. The van der Waals surface area contributed by atoms with E-state index in [1.54, 1.807) is 6.07 Å². The normalized spacial score (nSPS) is 10.7. The average molecular weight is 287 g/mol. The van der Waals surface area contributed by atoms with Gasteiger partial charge in [0.2, 0.25) is 0 Å². The molecule has 0 heterocycles. The van der Waals surface area contributed by atoms with Gasteiger partial charge in [0.1, 0.15) is 11.6 Å². The van der Waals surface area contributed by atoms with Crippen molar-refractivity contribution in [1.29, 1.82) is 0 Å². The average Bonchev–Trinajstić information content (AvgIpc) is 2.47. The van der Waals surface area contributed by atoms with Gasteiger partial charge >= 0.3 is 0 Å². The summed E-state index contributed by atoms with van der Waals surface area (Å²) in [5.41, 5.74) is 3.33. The number of rotatable bonds is 6. The minimum Gasteiger partial charge on any atom is -0.492 e. The summed E-state index contributed by atoms with van der Waals surface area (Å²) in [6.07, 6.45) is 0. The first-order valence-corrected chi connectivity index (χ1v) is 7.35. The van der Waals surface area contributed by atoms with E-state index in [1.807, 2.05) is 6.92 Å². The lowest BCUT2D eigenvalue weighted by Crippen LogP contribution is -2.03. The van der Waals surface area contributed by atoms with Crippen molar-refractivity contribution in [1.82, 2.24) is 0 Å². The Morgan fingerprint density at radius 1 is 1.10 bits per heavy atom. The van der Waals surface area contributed by atoms with E-state index in [-0.39, 0.29) is 5.82 Å². The third kappa shape index (κ3) is 4.22. The summed E-state index contributed by atoms with van der Waals surface area (Å²) in [6.45, 7) is 7.45. The van der Waals surface area contributed by atoms with E-state index in [1.165, 1.54) is 23.3 Å². The van der Waals surface area contributed by atoms with Crippen LogP contribution in [0.5, 0.6) is 5.75 Å². The highest BCUT2D eigenvalue weighted by Crippen LogP contribution is 2.26. The zero-order valence-electron chi connectivity index (χ0n) is 12.8. The van der Waals surface area contributed by atoms with E-state index in [0.717, 1.165) is 5.69 Å². The van der Waals surface area contributed by atoms with Gasteiger partial charge in [-0.15, -0.1) is 0 Å². The number of benzene rings is 2. The number of ether oxygens (including phenoxy) is 1. The molecule has 3 heteroatoms. The fourth-order valence-electron chi connectivity index (χ4n) is 2.13. The van der Waals surface area contributed by atoms with Crippen molar-refractivity contribution in [3.63, 3.8) is 0 Å². The molecule has 0 atom stereocenters. The second-order valence-electron chi connectivity index (χ2n) is 5.32. The number of nitrogens with one attached hydrogen (secondary N) is 1. The van der Waals surface area contributed by atoms with Crippen molar-refractivity contribution in [2.24, 2.45) is 0 Å². The number of halogens is 1. The lowest BCUT2D eigenvalue weighted by atomic mass is 10.0. The first-order valence-electron chi connectivity index (χ1n) is 7.35. The fraction of sp³-hybridized carbons (Fsp3) is 0.333. The molecule has 0 radical (unpaired) electrons. The number of hydrogen-bond donors (Lipinski definition) is 1. The van der Waals surface area contributed by atoms with E-state index in [4.69, 9.17) is 4.74 Å². The van der Waals surface area contributed by atoms with Gasteiger partial charge in [0.05, 0.1) is 12.3 Å². The van der Waals surface area contributed by atoms with Crippen LogP contribution in [0.1, 0.15) is 37.8 Å². The molecule has 0 saturated heterocycles. The van der Waals surface area contributed by atoms with Crippen molar-refractivity contribution in [2.45, 2.75) is 33.2 Å². The standard InChI is InChI=1S/C18H22FNO/c1-4-21-18-11-16(19)9-10-17(18)20-12-14-5-7-15(8-6-14)13(2)3/h5-11,13,20H,4,12H2,1-3H3. The molecule has 21 heavy (non-hydrogen) atoms. The summed E-state index contributed by atoms with van der Waals surface area (Å²) >= 11 is 0. The van der Waals surface area contributed by atoms with Gasteiger partial charge in [-0.05, 0) is 36.1 Å². The summed E-state index contributed by atoms with van der Waals surface area (Å²) < 4.78 is 18.7. The Morgan fingerprint density at radius 2 is 1.81 bits per heavy atom. The molecule has 2 nitrogen and oxygen atoms in total. The van der Waals surface area contributed by atoms with Crippen LogP contribution in [0.15, 0.2) is 42.5 Å². The molecule has 0 unspecified atom stereocenters. The van der Waals surface area contributed by atoms with Crippen LogP contribution in [-0.4, -0.2) is 6.61 Å². The van der Waals surface area contributed by atoms with Crippen LogP contribution in [0.3, 0.4) is 0 Å². The summed E-state index contributed by atoms with van der Waals surface area (Å²) in [7, 11) is 0. The molecule has 1 N–H and O–H groups in total. The molecule has 0 aliphatic carbocycles. The third-order valence-corrected chi connectivity index (χ3v) is 3.37. The van der Waals surface area contributed by atoms with Crippen LogP contribution in [0.25, 0.3) is 0 Å². The van der Waals surface area contributed by atoms with Gasteiger partial charge in [-0.3, -0.25) is 0 Å². The molecule has 0 aromatic heterocycles. The van der Waals surface area contributed by atoms with Crippen molar-refractivity contribution >= 4 is 5.69 Å². The Balaban J connectivity index is 2.05. The minimum atomic E-state index is -0.287. The molecule has 112 valence electrons. The second kappa shape index (κ2) is 7.11. The lowest BCUT2D eigenvalue weighted by Gasteiger charge is -2.13. The highest BCUT2D eigenvalue weighted by molar-refractivity contribution is 5.56. The lowest BCUT2D eigenvalue weighted by molar-refractivity contribution is 0.340. The number of hydrogen-bond acceptors (Lipinski definition) is 2. The molecule has 0 aliphatic rings. The van der Waals surface area contributed by atoms with Crippen molar-refractivity contribution < 1.29 is 9.13 Å². The van der Waals surface area contributed by atoms with Crippen LogP contribution < -0.4 is 10.1 Å². The van der Waals surface area contributed by atoms with Crippen molar-refractivity contribution in [2.75, 3.05) is 11.9 Å². The first-order chi connectivity index (χ1) is 10.1. The largest absolute Gasteiger partial charge is 0.492 e. The molecular formula is C18H22FNO. The van der Waals surface area contributed by atoms with Gasteiger partial charge in [-0.25, -0.2) is 4.39 Å². The molecular weight excluding hydrogens is 265 g/mol. The molecule has 0 saturated carbocycles. The van der Waals surface area contributed by atoms with E-state index >= 15 is 0 Å². The van der Waals surface area contributed by atoms with E-state index in [2.05, 4.69) is 43.4 Å². The van der Waals surface area contributed by atoms with Gasteiger partial charge in [-0.2, -0.15) is 0 Å². The van der Waals surface area contributed by atoms with Crippen LogP contribution >= 0.6 is 0 Å². The van der Waals surface area contributed by atoms with Gasteiger partial charge in [0.15, 0.2) is 0 Å². The molecule has 0 bridgehead atoms. The van der Waals surface area contributed by atoms with E-state index in [9.17, 15) is 4.39 Å². The molecule has 0 aliphatic heterocycles. The maximum absolute atomic E-state index is 13.2. The highest BCUT2D eigenvalue weighted by atomic mass is 19.1. The monoisotopic (exact) mass is 287 g/mol. The molecule has 0 amide bonds. The predicted molar refractivity (Wildman–Crippen MR) is 85.4 cm³/mol. The molecule has 0 fully saturated rings. The molecule has 2 rings (SSSR count). The summed E-state index contributed by atoms with van der Waals surface area (Å²) in [5, 5.41) is 3.30. The maximum Gasteiger partial charge on any atom is 0.145 e. The Morgan fingerprint density at radius 3 is 2.43 bits per heavy atom. The Labute approximate surface area is 126 Å². The predicted octanol–water partition coefficient (Wildman–Crippen LogP) is 4.96. The quantitative estimate of drug-likeness (QED) is 0.810. The highest BCUT2D eigenvalue weighted by Gasteiger charge is 2.05. The third-order valence-electron chi connectivity index (χ3n) is 3.37. The summed E-state index contributed by atoms with van der Waals surface area (Å²) in [4.78, 5) is 0. The van der Waals surface area contributed by atoms with Crippen LogP contribution in [0.4, 0.5) is 10.1 Å². The summed E-state index contributed by atoms with van der Waals surface area (Å²) in [6, 6.07) is 13.1. The minimum absolute atomic E-state index is 0.287. The zero-order chi connectivity index (χ0) is 15.2. The smallest absolute Gasteiger partial charge is 0.145 e. The van der Waals surface area contributed by atoms with Crippen LogP contribution in [0, 0.1) is 5.82 Å².